The van der Waals surface area contributed by atoms with Gasteiger partial charge in [0.2, 0.25) is 0 Å². The minimum absolute atomic E-state index is 0.364. The van der Waals surface area contributed by atoms with Gasteiger partial charge in [0.15, 0.2) is 0 Å². The lowest BCUT2D eigenvalue weighted by molar-refractivity contribution is -0.145. The number of hydrogen-bond donors (Lipinski definition) is 1. The molecule has 1 N–H and O–H groups in total. The molecular formula is C15H17ClN4O2. The lowest BCUT2D eigenvalue weighted by atomic mass is 10.1. The highest BCUT2D eigenvalue weighted by molar-refractivity contribution is 6.31. The van der Waals surface area contributed by atoms with Crippen LogP contribution in [0.2, 0.25) is 5.02 Å². The molecule has 7 heteroatoms. The van der Waals surface area contributed by atoms with E-state index >= 15 is 0 Å². The average Bonchev–Trinajstić information content (AvgIpc) is 2.83. The molecule has 2 aromatic rings. The number of aliphatic carboxylic acids is 1. The van der Waals surface area contributed by atoms with E-state index in [1.807, 2.05) is 41.5 Å². The number of aryl methyl sites for hydroxylation is 2. The Hall–Kier alpha value is -1.92. The van der Waals surface area contributed by atoms with E-state index in [1.165, 1.54) is 0 Å². The third-order valence-electron chi connectivity index (χ3n) is 4.06. The van der Waals surface area contributed by atoms with E-state index in [4.69, 9.17) is 11.6 Å². The lowest BCUT2D eigenvalue weighted by Gasteiger charge is -2.33. The van der Waals surface area contributed by atoms with Gasteiger partial charge in [-0.05, 0) is 31.0 Å². The van der Waals surface area contributed by atoms with E-state index in [2.05, 4.69) is 10.2 Å². The summed E-state index contributed by atoms with van der Waals surface area (Å²) < 4.78 is 1.87. The Morgan fingerprint density at radius 2 is 2.18 bits per heavy atom. The number of carbonyl (C=O) groups is 1. The van der Waals surface area contributed by atoms with Gasteiger partial charge in [-0.2, -0.15) is 0 Å². The van der Waals surface area contributed by atoms with Gasteiger partial charge in [0.25, 0.3) is 0 Å². The van der Waals surface area contributed by atoms with Crippen LogP contribution in [-0.2, 0) is 24.4 Å². The summed E-state index contributed by atoms with van der Waals surface area (Å²) in [5, 5.41) is 18.4. The summed E-state index contributed by atoms with van der Waals surface area (Å²) in [7, 11) is 0. The summed E-state index contributed by atoms with van der Waals surface area (Å²) in [6.45, 7) is 5.12. The first-order valence-electron chi connectivity index (χ1n) is 7.06. The maximum Gasteiger partial charge on any atom is 0.322 e. The van der Waals surface area contributed by atoms with Gasteiger partial charge < -0.3 is 9.67 Å². The standard InChI is InChI=1S/C15H17ClN4O2/c1-9-3-4-11(5-12(9)16)6-19-8-14-18-17-10(2)20(14)7-13(19)15(21)22/h3-5,13H,6-8H2,1-2H3,(H,21,22). The number of carboxylic acids is 1. The van der Waals surface area contributed by atoms with E-state index in [0.717, 1.165) is 22.8 Å². The van der Waals surface area contributed by atoms with Crippen molar-refractivity contribution < 1.29 is 9.90 Å². The van der Waals surface area contributed by atoms with E-state index in [1.54, 1.807) is 0 Å². The molecule has 0 bridgehead atoms. The normalized spacial score (nSPS) is 18.2. The van der Waals surface area contributed by atoms with Crippen molar-refractivity contribution in [2.75, 3.05) is 0 Å². The summed E-state index contributed by atoms with van der Waals surface area (Å²) in [4.78, 5) is 13.5. The molecule has 1 aliphatic heterocycles. The number of aromatic nitrogens is 3. The Labute approximate surface area is 133 Å². The van der Waals surface area contributed by atoms with E-state index < -0.39 is 12.0 Å². The van der Waals surface area contributed by atoms with Gasteiger partial charge in [-0.15, -0.1) is 10.2 Å². The fourth-order valence-corrected chi connectivity index (χ4v) is 2.93. The number of hydrogen-bond acceptors (Lipinski definition) is 4. The second-order valence-corrected chi connectivity index (χ2v) is 6.02. The van der Waals surface area contributed by atoms with Crippen molar-refractivity contribution in [2.45, 2.75) is 39.5 Å². The Bertz CT molecular complexity index is 728. The van der Waals surface area contributed by atoms with Crippen molar-refractivity contribution >= 4 is 17.6 Å². The minimum atomic E-state index is -0.836. The van der Waals surface area contributed by atoms with Crippen LogP contribution in [0.1, 0.15) is 22.8 Å². The number of halogens is 1. The molecular weight excluding hydrogens is 304 g/mol. The number of nitrogens with zero attached hydrogens (tertiary/aromatic N) is 4. The first kappa shape index (κ1) is 15.0. The quantitative estimate of drug-likeness (QED) is 0.936. The highest BCUT2D eigenvalue weighted by Gasteiger charge is 2.33. The van der Waals surface area contributed by atoms with Crippen molar-refractivity contribution in [3.8, 4) is 0 Å². The highest BCUT2D eigenvalue weighted by atomic mass is 35.5. The molecule has 1 aromatic carbocycles. The van der Waals surface area contributed by atoms with Crippen LogP contribution in [0.3, 0.4) is 0 Å². The fourth-order valence-electron chi connectivity index (χ4n) is 2.73. The van der Waals surface area contributed by atoms with Crippen LogP contribution in [-0.4, -0.2) is 36.8 Å². The Morgan fingerprint density at radius 3 is 2.86 bits per heavy atom. The van der Waals surface area contributed by atoms with Crippen LogP contribution in [0.4, 0.5) is 0 Å². The highest BCUT2D eigenvalue weighted by Crippen LogP contribution is 2.23. The van der Waals surface area contributed by atoms with Gasteiger partial charge in [-0.25, -0.2) is 0 Å². The van der Waals surface area contributed by atoms with Crippen molar-refractivity contribution in [1.82, 2.24) is 19.7 Å². The first-order chi connectivity index (χ1) is 10.5. The van der Waals surface area contributed by atoms with Gasteiger partial charge in [0.1, 0.15) is 17.7 Å². The summed E-state index contributed by atoms with van der Waals surface area (Å²) in [5.41, 5.74) is 2.00. The van der Waals surface area contributed by atoms with E-state index in [-0.39, 0.29) is 0 Å². The van der Waals surface area contributed by atoms with Crippen molar-refractivity contribution in [2.24, 2.45) is 0 Å². The summed E-state index contributed by atoms with van der Waals surface area (Å²) >= 11 is 6.15. The third-order valence-corrected chi connectivity index (χ3v) is 4.47. The SMILES string of the molecule is Cc1ccc(CN2Cc3nnc(C)n3CC2C(=O)O)cc1Cl. The smallest absolute Gasteiger partial charge is 0.322 e. The van der Waals surface area contributed by atoms with Gasteiger partial charge in [0.05, 0.1) is 13.1 Å². The molecule has 0 saturated heterocycles. The largest absolute Gasteiger partial charge is 0.480 e. The Morgan fingerprint density at radius 1 is 1.41 bits per heavy atom. The Kier molecular flexibility index (Phi) is 3.88. The lowest BCUT2D eigenvalue weighted by Crippen LogP contribution is -2.47. The molecule has 0 saturated carbocycles. The van der Waals surface area contributed by atoms with Gasteiger partial charge >= 0.3 is 5.97 Å². The number of benzene rings is 1. The number of carboxylic acid groups (broad SMARTS) is 1. The van der Waals surface area contributed by atoms with Crippen LogP contribution in [0.25, 0.3) is 0 Å². The molecule has 0 amide bonds. The minimum Gasteiger partial charge on any atom is -0.480 e. The molecule has 3 rings (SSSR count). The molecule has 0 spiro atoms. The maximum atomic E-state index is 11.6. The zero-order valence-corrected chi connectivity index (χ0v) is 13.2. The molecule has 22 heavy (non-hydrogen) atoms. The second kappa shape index (κ2) is 5.70. The molecule has 1 aliphatic rings. The maximum absolute atomic E-state index is 11.6. The van der Waals surface area contributed by atoms with Crippen molar-refractivity contribution in [1.29, 1.82) is 0 Å². The molecule has 1 atom stereocenters. The molecule has 1 aromatic heterocycles. The van der Waals surface area contributed by atoms with Crippen LogP contribution < -0.4 is 0 Å². The van der Waals surface area contributed by atoms with E-state index in [0.29, 0.717) is 24.7 Å². The average molecular weight is 321 g/mol. The van der Waals surface area contributed by atoms with E-state index in [9.17, 15) is 9.90 Å². The number of rotatable bonds is 3. The topological polar surface area (TPSA) is 71.2 Å². The van der Waals surface area contributed by atoms with Crippen LogP contribution >= 0.6 is 11.6 Å². The Balaban J connectivity index is 1.87. The zero-order chi connectivity index (χ0) is 15.9. The van der Waals surface area contributed by atoms with Gasteiger partial charge in [-0.3, -0.25) is 9.69 Å². The fraction of sp³-hybridized carbons (Fsp3) is 0.400. The van der Waals surface area contributed by atoms with Gasteiger partial charge in [0, 0.05) is 11.6 Å². The predicted molar refractivity (Wildman–Crippen MR) is 81.6 cm³/mol. The van der Waals surface area contributed by atoms with Crippen molar-refractivity contribution in [3.63, 3.8) is 0 Å². The van der Waals surface area contributed by atoms with Crippen molar-refractivity contribution in [3.05, 3.63) is 46.0 Å². The summed E-state index contributed by atoms with van der Waals surface area (Å²) in [6.07, 6.45) is 0. The second-order valence-electron chi connectivity index (χ2n) is 5.62. The van der Waals surface area contributed by atoms with Gasteiger partial charge in [-0.1, -0.05) is 23.7 Å². The summed E-state index contributed by atoms with van der Waals surface area (Å²) in [5.74, 6) is 0.712. The molecule has 0 fully saturated rings. The summed E-state index contributed by atoms with van der Waals surface area (Å²) in [6, 6.07) is 5.22. The molecule has 0 radical (unpaired) electrons. The molecule has 116 valence electrons. The predicted octanol–water partition coefficient (Wildman–Crippen LogP) is 2.02. The monoisotopic (exact) mass is 320 g/mol. The first-order valence-corrected chi connectivity index (χ1v) is 7.44. The van der Waals surface area contributed by atoms with Crippen LogP contribution in [0.15, 0.2) is 18.2 Å². The third kappa shape index (κ3) is 2.71. The number of fused-ring (bicyclic) bond motifs is 1. The molecule has 6 nitrogen and oxygen atoms in total. The molecule has 0 aliphatic carbocycles. The van der Waals surface area contributed by atoms with Crippen LogP contribution in [0.5, 0.6) is 0 Å². The zero-order valence-electron chi connectivity index (χ0n) is 12.5. The van der Waals surface area contributed by atoms with Crippen LogP contribution in [0, 0.1) is 13.8 Å². The molecule has 1 unspecified atom stereocenters. The molecule has 2 heterocycles.